The standard InChI is InChI=1S/C17H14O5/c1-8-2-3-10-7-11(5-4-9(10)6-8)12-13(18)15(20)17(22)16(21)14(12)19/h2-7,18-22H,1H3. The average molecular weight is 298 g/mol. The lowest BCUT2D eigenvalue weighted by Gasteiger charge is -2.13. The van der Waals surface area contributed by atoms with Crippen molar-refractivity contribution in [3.63, 3.8) is 0 Å². The smallest absolute Gasteiger partial charge is 0.208 e. The molecule has 0 aliphatic heterocycles. The van der Waals surface area contributed by atoms with E-state index in [1.807, 2.05) is 25.1 Å². The summed E-state index contributed by atoms with van der Waals surface area (Å²) in [6.07, 6.45) is 0. The van der Waals surface area contributed by atoms with Crippen LogP contribution in [-0.4, -0.2) is 25.5 Å². The van der Waals surface area contributed by atoms with Gasteiger partial charge in [-0.25, -0.2) is 0 Å². The largest absolute Gasteiger partial charge is 0.504 e. The zero-order chi connectivity index (χ0) is 16.0. The topological polar surface area (TPSA) is 101 Å². The minimum Gasteiger partial charge on any atom is -0.504 e. The van der Waals surface area contributed by atoms with Gasteiger partial charge in [-0.05, 0) is 29.3 Å². The number of benzene rings is 3. The quantitative estimate of drug-likeness (QED) is 0.350. The third-order valence-corrected chi connectivity index (χ3v) is 3.66. The van der Waals surface area contributed by atoms with Crippen molar-refractivity contribution in [3.8, 4) is 39.9 Å². The van der Waals surface area contributed by atoms with Crippen molar-refractivity contribution < 1.29 is 25.5 Å². The second-order valence-electron chi connectivity index (χ2n) is 5.18. The van der Waals surface area contributed by atoms with Crippen LogP contribution in [0.4, 0.5) is 0 Å². The molecule has 3 aromatic rings. The summed E-state index contributed by atoms with van der Waals surface area (Å²) < 4.78 is 0. The molecule has 0 saturated heterocycles. The first-order chi connectivity index (χ1) is 10.4. The molecule has 0 amide bonds. The summed E-state index contributed by atoms with van der Waals surface area (Å²) in [6.45, 7) is 1.97. The number of phenolic OH excluding ortho intramolecular Hbond substituents is 5. The van der Waals surface area contributed by atoms with E-state index in [9.17, 15) is 25.5 Å². The summed E-state index contributed by atoms with van der Waals surface area (Å²) in [5.74, 6) is -4.11. The van der Waals surface area contributed by atoms with Gasteiger partial charge in [-0.15, -0.1) is 0 Å². The van der Waals surface area contributed by atoms with Crippen LogP contribution in [0.1, 0.15) is 5.56 Å². The van der Waals surface area contributed by atoms with Crippen LogP contribution in [0.2, 0.25) is 0 Å². The summed E-state index contributed by atoms with van der Waals surface area (Å²) in [6, 6.07) is 11.0. The van der Waals surface area contributed by atoms with E-state index in [0.29, 0.717) is 5.56 Å². The average Bonchev–Trinajstić information content (AvgIpc) is 2.51. The molecule has 3 aromatic carbocycles. The lowest BCUT2D eigenvalue weighted by Crippen LogP contribution is -1.85. The van der Waals surface area contributed by atoms with Crippen LogP contribution in [0, 0.1) is 6.92 Å². The van der Waals surface area contributed by atoms with Gasteiger partial charge in [0, 0.05) is 0 Å². The van der Waals surface area contributed by atoms with Crippen LogP contribution in [0.3, 0.4) is 0 Å². The van der Waals surface area contributed by atoms with Gasteiger partial charge < -0.3 is 25.5 Å². The van der Waals surface area contributed by atoms with Crippen molar-refractivity contribution in [3.05, 3.63) is 42.0 Å². The van der Waals surface area contributed by atoms with Gasteiger partial charge in [0.2, 0.25) is 17.2 Å². The number of aryl methyl sites for hydroxylation is 1. The normalized spacial score (nSPS) is 11.0. The highest BCUT2D eigenvalue weighted by Gasteiger charge is 2.24. The van der Waals surface area contributed by atoms with Gasteiger partial charge >= 0.3 is 0 Å². The van der Waals surface area contributed by atoms with Crippen molar-refractivity contribution in [1.82, 2.24) is 0 Å². The number of phenols is 5. The van der Waals surface area contributed by atoms with E-state index >= 15 is 0 Å². The molecule has 0 saturated carbocycles. The van der Waals surface area contributed by atoms with Gasteiger partial charge in [-0.2, -0.15) is 0 Å². The highest BCUT2D eigenvalue weighted by molar-refractivity contribution is 5.92. The van der Waals surface area contributed by atoms with Crippen LogP contribution in [-0.2, 0) is 0 Å². The lowest BCUT2D eigenvalue weighted by molar-refractivity contribution is 0.330. The second-order valence-corrected chi connectivity index (χ2v) is 5.18. The van der Waals surface area contributed by atoms with E-state index in [-0.39, 0.29) is 5.56 Å². The Morgan fingerprint density at radius 1 is 0.591 bits per heavy atom. The Balaban J connectivity index is 2.30. The molecular weight excluding hydrogens is 284 g/mol. The summed E-state index contributed by atoms with van der Waals surface area (Å²) in [5, 5.41) is 50.5. The molecule has 0 aromatic heterocycles. The predicted octanol–water partition coefficient (Wildman–Crippen LogP) is 3.34. The van der Waals surface area contributed by atoms with Gasteiger partial charge in [-0.1, -0.05) is 35.9 Å². The molecule has 0 bridgehead atoms. The first-order valence-corrected chi connectivity index (χ1v) is 6.59. The van der Waals surface area contributed by atoms with E-state index in [0.717, 1.165) is 16.3 Å². The molecule has 112 valence electrons. The van der Waals surface area contributed by atoms with Gasteiger partial charge in [0.15, 0.2) is 11.5 Å². The van der Waals surface area contributed by atoms with E-state index in [2.05, 4.69) is 0 Å². The number of rotatable bonds is 1. The fraction of sp³-hybridized carbons (Fsp3) is 0.0588. The fourth-order valence-corrected chi connectivity index (χ4v) is 2.48. The van der Waals surface area contributed by atoms with Crippen LogP contribution >= 0.6 is 0 Å². The molecule has 5 heteroatoms. The second kappa shape index (κ2) is 4.73. The summed E-state index contributed by atoms with van der Waals surface area (Å²) in [4.78, 5) is 0. The highest BCUT2D eigenvalue weighted by atomic mass is 16.4. The Labute approximate surface area is 126 Å². The number of fused-ring (bicyclic) bond motifs is 1. The molecule has 0 aliphatic carbocycles. The fourth-order valence-electron chi connectivity index (χ4n) is 2.48. The zero-order valence-electron chi connectivity index (χ0n) is 11.7. The van der Waals surface area contributed by atoms with Crippen LogP contribution in [0.5, 0.6) is 28.7 Å². The number of hydrogen-bond donors (Lipinski definition) is 5. The minimum atomic E-state index is -0.963. The van der Waals surface area contributed by atoms with Crippen molar-refractivity contribution >= 4 is 10.8 Å². The molecule has 5 N–H and O–H groups in total. The van der Waals surface area contributed by atoms with E-state index in [1.165, 1.54) is 0 Å². The molecule has 5 nitrogen and oxygen atoms in total. The molecule has 0 aliphatic rings. The number of hydrogen-bond acceptors (Lipinski definition) is 5. The Hall–Kier alpha value is -3.08. The molecule has 0 radical (unpaired) electrons. The molecule has 0 heterocycles. The summed E-state index contributed by atoms with van der Waals surface area (Å²) >= 11 is 0. The molecular formula is C17H14O5. The summed E-state index contributed by atoms with van der Waals surface area (Å²) in [5.41, 5.74) is 1.36. The Kier molecular flexibility index (Phi) is 2.99. The van der Waals surface area contributed by atoms with Gasteiger partial charge in [-0.3, -0.25) is 0 Å². The van der Waals surface area contributed by atoms with E-state index in [1.54, 1.807) is 18.2 Å². The number of aromatic hydroxyl groups is 5. The lowest BCUT2D eigenvalue weighted by atomic mass is 9.98. The predicted molar refractivity (Wildman–Crippen MR) is 82.4 cm³/mol. The Bertz CT molecular complexity index is 870. The molecule has 0 fully saturated rings. The SMILES string of the molecule is Cc1ccc2cc(-c3c(O)c(O)c(O)c(O)c3O)ccc2c1. The first kappa shape index (κ1) is 13.9. The third-order valence-electron chi connectivity index (χ3n) is 3.66. The maximum atomic E-state index is 9.97. The molecule has 3 rings (SSSR count). The van der Waals surface area contributed by atoms with Gasteiger partial charge in [0.1, 0.15) is 0 Å². The maximum Gasteiger partial charge on any atom is 0.208 e. The van der Waals surface area contributed by atoms with Crippen LogP contribution < -0.4 is 0 Å². The van der Waals surface area contributed by atoms with Crippen molar-refractivity contribution in [2.24, 2.45) is 0 Å². The van der Waals surface area contributed by atoms with Crippen LogP contribution in [0.25, 0.3) is 21.9 Å². The van der Waals surface area contributed by atoms with Gasteiger partial charge in [0.25, 0.3) is 0 Å². The Morgan fingerprint density at radius 2 is 1.09 bits per heavy atom. The first-order valence-electron chi connectivity index (χ1n) is 6.59. The Morgan fingerprint density at radius 3 is 1.73 bits per heavy atom. The van der Waals surface area contributed by atoms with E-state index in [4.69, 9.17) is 0 Å². The molecule has 0 atom stereocenters. The molecule has 0 unspecified atom stereocenters. The van der Waals surface area contributed by atoms with Crippen LogP contribution in [0.15, 0.2) is 36.4 Å². The third kappa shape index (κ3) is 1.95. The van der Waals surface area contributed by atoms with E-state index < -0.39 is 28.7 Å². The van der Waals surface area contributed by atoms with Gasteiger partial charge in [0.05, 0.1) is 5.56 Å². The monoisotopic (exact) mass is 298 g/mol. The van der Waals surface area contributed by atoms with Crippen molar-refractivity contribution in [2.75, 3.05) is 0 Å². The highest BCUT2D eigenvalue weighted by Crippen LogP contribution is 2.54. The van der Waals surface area contributed by atoms with Crippen molar-refractivity contribution in [2.45, 2.75) is 6.92 Å². The van der Waals surface area contributed by atoms with Crippen molar-refractivity contribution in [1.29, 1.82) is 0 Å². The summed E-state index contributed by atoms with van der Waals surface area (Å²) in [7, 11) is 0. The zero-order valence-corrected chi connectivity index (χ0v) is 11.7. The molecule has 22 heavy (non-hydrogen) atoms. The minimum absolute atomic E-state index is 0.143. The maximum absolute atomic E-state index is 9.97. The molecule has 0 spiro atoms.